The number of hydrogen-bond acceptors (Lipinski definition) is 4. The number of benzene rings is 2. The van der Waals surface area contributed by atoms with E-state index in [4.69, 9.17) is 11.6 Å². The van der Waals surface area contributed by atoms with Crippen molar-refractivity contribution in [3.63, 3.8) is 0 Å². The normalized spacial score (nSPS) is 10.9. The number of aromatic hydroxyl groups is 1. The highest BCUT2D eigenvalue weighted by Gasteiger charge is 2.09. The van der Waals surface area contributed by atoms with Gasteiger partial charge >= 0.3 is 0 Å². The number of phenolic OH excluding ortho intramolecular Hbond substituents is 1. The Morgan fingerprint density at radius 3 is 2.70 bits per heavy atom. The van der Waals surface area contributed by atoms with E-state index >= 15 is 0 Å². The summed E-state index contributed by atoms with van der Waals surface area (Å²) in [5, 5.41) is 20.4. The molecule has 0 bridgehead atoms. The number of aliphatic imine (C=N–C) groups is 1. The van der Waals surface area contributed by atoms with Gasteiger partial charge in [0.15, 0.2) is 0 Å². The summed E-state index contributed by atoms with van der Waals surface area (Å²) in [5.41, 5.74) is 0.285. The van der Waals surface area contributed by atoms with Gasteiger partial charge in [0.25, 0.3) is 5.69 Å². The number of nitro groups is 1. The van der Waals surface area contributed by atoms with Gasteiger partial charge in [0.2, 0.25) is 0 Å². The van der Waals surface area contributed by atoms with Crippen molar-refractivity contribution in [3.05, 3.63) is 62.9 Å². The van der Waals surface area contributed by atoms with E-state index < -0.39 is 10.7 Å². The van der Waals surface area contributed by atoms with Crippen LogP contribution in [0.5, 0.6) is 5.75 Å². The summed E-state index contributed by atoms with van der Waals surface area (Å²) in [7, 11) is 0. The zero-order valence-corrected chi connectivity index (χ0v) is 10.7. The van der Waals surface area contributed by atoms with Crippen LogP contribution >= 0.6 is 11.6 Å². The topological polar surface area (TPSA) is 75.7 Å². The van der Waals surface area contributed by atoms with E-state index in [0.29, 0.717) is 5.69 Å². The quantitative estimate of drug-likeness (QED) is 0.531. The maximum absolute atomic E-state index is 12.9. The fourth-order valence-electron chi connectivity index (χ4n) is 1.48. The molecule has 2 aromatic carbocycles. The highest BCUT2D eigenvalue weighted by atomic mass is 35.5. The minimum Gasteiger partial charge on any atom is -0.507 e. The Hall–Kier alpha value is -2.47. The number of phenols is 1. The van der Waals surface area contributed by atoms with Gasteiger partial charge in [-0.15, -0.1) is 0 Å². The Labute approximate surface area is 118 Å². The van der Waals surface area contributed by atoms with Crippen LogP contribution in [0.25, 0.3) is 0 Å². The van der Waals surface area contributed by atoms with Crippen LogP contribution in [0, 0.1) is 15.9 Å². The van der Waals surface area contributed by atoms with Crippen LogP contribution in [-0.4, -0.2) is 16.2 Å². The van der Waals surface area contributed by atoms with Gasteiger partial charge in [-0.2, -0.15) is 0 Å². The van der Waals surface area contributed by atoms with E-state index in [1.165, 1.54) is 36.5 Å². The maximum atomic E-state index is 12.9. The van der Waals surface area contributed by atoms with Crippen molar-refractivity contribution in [2.24, 2.45) is 4.99 Å². The van der Waals surface area contributed by atoms with Gasteiger partial charge in [0.1, 0.15) is 11.6 Å². The third-order valence-electron chi connectivity index (χ3n) is 2.47. The molecule has 0 radical (unpaired) electrons. The lowest BCUT2D eigenvalue weighted by Gasteiger charge is -2.00. The maximum Gasteiger partial charge on any atom is 0.270 e. The van der Waals surface area contributed by atoms with E-state index in [1.54, 1.807) is 0 Å². The van der Waals surface area contributed by atoms with Gasteiger partial charge in [0.05, 0.1) is 15.6 Å². The third-order valence-corrected chi connectivity index (χ3v) is 2.78. The van der Waals surface area contributed by atoms with Crippen molar-refractivity contribution in [1.82, 2.24) is 0 Å². The zero-order valence-electron chi connectivity index (χ0n) is 9.96. The molecule has 0 saturated heterocycles. The molecular weight excluding hydrogens is 287 g/mol. The van der Waals surface area contributed by atoms with Crippen molar-refractivity contribution >= 4 is 29.2 Å². The molecule has 0 atom stereocenters. The number of hydrogen-bond donors (Lipinski definition) is 1. The van der Waals surface area contributed by atoms with Gasteiger partial charge in [-0.25, -0.2) is 4.39 Å². The second-order valence-corrected chi connectivity index (χ2v) is 4.26. The average molecular weight is 295 g/mol. The van der Waals surface area contributed by atoms with Crippen molar-refractivity contribution in [3.8, 4) is 5.75 Å². The number of nitrogens with zero attached hydrogens (tertiary/aromatic N) is 2. The molecular formula is C13H8ClFN2O3. The summed E-state index contributed by atoms with van der Waals surface area (Å²) < 4.78 is 12.9. The van der Waals surface area contributed by atoms with E-state index in [9.17, 15) is 19.6 Å². The average Bonchev–Trinajstić information content (AvgIpc) is 2.39. The molecule has 0 fully saturated rings. The van der Waals surface area contributed by atoms with Gasteiger partial charge in [-0.3, -0.25) is 15.1 Å². The largest absolute Gasteiger partial charge is 0.507 e. The fourth-order valence-corrected chi connectivity index (χ4v) is 1.70. The van der Waals surface area contributed by atoms with E-state index in [-0.39, 0.29) is 22.0 Å². The second kappa shape index (κ2) is 5.66. The van der Waals surface area contributed by atoms with Crippen LogP contribution in [0.15, 0.2) is 41.4 Å². The van der Waals surface area contributed by atoms with Crippen molar-refractivity contribution in [2.75, 3.05) is 0 Å². The lowest BCUT2D eigenvalue weighted by atomic mass is 10.2. The number of halogens is 2. The molecule has 7 heteroatoms. The predicted octanol–water partition coefficient (Wildman–Crippen LogP) is 3.84. The Morgan fingerprint density at radius 2 is 2.05 bits per heavy atom. The monoisotopic (exact) mass is 294 g/mol. The molecule has 2 aromatic rings. The molecule has 0 aromatic heterocycles. The van der Waals surface area contributed by atoms with Crippen molar-refractivity contribution in [1.29, 1.82) is 0 Å². The van der Waals surface area contributed by atoms with Gasteiger partial charge in [-0.05, 0) is 24.3 Å². The molecule has 0 heterocycles. The van der Waals surface area contributed by atoms with E-state index in [0.717, 1.165) is 6.07 Å². The number of nitro benzene ring substituents is 1. The van der Waals surface area contributed by atoms with Crippen molar-refractivity contribution < 1.29 is 14.4 Å². The molecule has 0 aliphatic rings. The zero-order chi connectivity index (χ0) is 14.7. The van der Waals surface area contributed by atoms with Crippen LogP contribution in [0.4, 0.5) is 15.8 Å². The summed E-state index contributed by atoms with van der Waals surface area (Å²) in [6, 6.07) is 7.20. The predicted molar refractivity (Wildman–Crippen MR) is 73.4 cm³/mol. The highest BCUT2D eigenvalue weighted by molar-refractivity contribution is 6.33. The molecule has 2 rings (SSSR count). The molecule has 5 nitrogen and oxygen atoms in total. The minimum atomic E-state index is -0.582. The van der Waals surface area contributed by atoms with Crippen LogP contribution in [0.1, 0.15) is 5.56 Å². The van der Waals surface area contributed by atoms with Gasteiger partial charge in [0, 0.05) is 23.9 Å². The molecule has 1 N–H and O–H groups in total. The number of non-ortho nitro benzene ring substituents is 1. The third kappa shape index (κ3) is 3.10. The highest BCUT2D eigenvalue weighted by Crippen LogP contribution is 2.26. The molecule has 102 valence electrons. The first-order valence-corrected chi connectivity index (χ1v) is 5.81. The minimum absolute atomic E-state index is 0.103. The van der Waals surface area contributed by atoms with Crippen LogP contribution in [0.2, 0.25) is 5.02 Å². The van der Waals surface area contributed by atoms with Crippen LogP contribution in [0.3, 0.4) is 0 Å². The summed E-state index contributed by atoms with van der Waals surface area (Å²) in [6.07, 6.45) is 1.22. The lowest BCUT2D eigenvalue weighted by molar-refractivity contribution is -0.384. The molecule has 0 spiro atoms. The van der Waals surface area contributed by atoms with E-state index in [2.05, 4.69) is 4.99 Å². The first-order chi connectivity index (χ1) is 9.47. The molecule has 20 heavy (non-hydrogen) atoms. The standard InChI is InChI=1S/C13H8ClFN2O3/c14-11-6-9(15)1-3-12(11)16-7-8-5-10(17(19)20)2-4-13(8)18/h1-7,18H. The van der Waals surface area contributed by atoms with Gasteiger partial charge < -0.3 is 5.11 Å². The smallest absolute Gasteiger partial charge is 0.270 e. The SMILES string of the molecule is O=[N+]([O-])c1ccc(O)c(C=Nc2ccc(F)cc2Cl)c1. The first-order valence-electron chi connectivity index (χ1n) is 5.44. The Bertz CT molecular complexity index is 704. The van der Waals surface area contributed by atoms with Crippen LogP contribution in [-0.2, 0) is 0 Å². The Kier molecular flexibility index (Phi) is 3.95. The summed E-state index contributed by atoms with van der Waals surface area (Å²) >= 11 is 5.79. The summed E-state index contributed by atoms with van der Waals surface area (Å²) in [6.45, 7) is 0. The molecule has 0 saturated carbocycles. The van der Waals surface area contributed by atoms with Crippen LogP contribution < -0.4 is 0 Å². The molecule has 0 aliphatic heterocycles. The van der Waals surface area contributed by atoms with Gasteiger partial charge in [-0.1, -0.05) is 11.6 Å². The number of rotatable bonds is 3. The van der Waals surface area contributed by atoms with E-state index in [1.807, 2.05) is 0 Å². The second-order valence-electron chi connectivity index (χ2n) is 3.85. The molecule has 0 aliphatic carbocycles. The molecule has 0 unspecified atom stereocenters. The summed E-state index contributed by atoms with van der Waals surface area (Å²) in [5.74, 6) is -0.648. The molecule has 0 amide bonds. The Morgan fingerprint density at radius 1 is 1.30 bits per heavy atom. The summed E-state index contributed by atoms with van der Waals surface area (Å²) in [4.78, 5) is 14.0. The Balaban J connectivity index is 2.35. The lowest BCUT2D eigenvalue weighted by Crippen LogP contribution is -1.90. The first kappa shape index (κ1) is 14.0. The van der Waals surface area contributed by atoms with Crippen molar-refractivity contribution in [2.45, 2.75) is 0 Å². The fraction of sp³-hybridized carbons (Fsp3) is 0.